The lowest BCUT2D eigenvalue weighted by molar-refractivity contribution is -0.137. The minimum Gasteiger partial charge on any atom is -0.358 e. The van der Waals surface area contributed by atoms with Crippen LogP contribution in [0.15, 0.2) is 47.4 Å². The maximum Gasteiger partial charge on any atom is 0.417 e. The second-order valence-corrected chi connectivity index (χ2v) is 6.98. The van der Waals surface area contributed by atoms with Crippen LogP contribution in [-0.4, -0.2) is 16.5 Å². The van der Waals surface area contributed by atoms with E-state index in [1.165, 1.54) is 12.1 Å². The van der Waals surface area contributed by atoms with Gasteiger partial charge in [0.15, 0.2) is 5.78 Å². The molecule has 3 rings (SSSR count). The number of fused-ring (bicyclic) bond motifs is 1. The number of Topliss-reactive ketones (excluding diaryl/α,β-unsaturated/α-hetero) is 1. The molecule has 25 heavy (non-hydrogen) atoms. The van der Waals surface area contributed by atoms with Crippen LogP contribution in [0.25, 0.3) is 10.9 Å². The number of hydrogen-bond donors (Lipinski definition) is 1. The molecule has 0 fully saturated rings. The molecule has 0 spiro atoms. The van der Waals surface area contributed by atoms with Gasteiger partial charge in [0.05, 0.1) is 16.3 Å². The fraction of sp³-hybridized carbons (Fsp3) is 0.167. The summed E-state index contributed by atoms with van der Waals surface area (Å²) in [5.41, 5.74) is 1.29. The van der Waals surface area contributed by atoms with E-state index in [0.717, 1.165) is 34.4 Å². The summed E-state index contributed by atoms with van der Waals surface area (Å²) in [7, 11) is 0. The SMILES string of the molecule is Cc1[nH]c2ccccc2c1C(=O)CSc1ccc(Cl)c(C(F)(F)F)c1. The number of rotatable bonds is 4. The molecular formula is C18H13ClF3NOS. The van der Waals surface area contributed by atoms with Crippen LogP contribution in [0.3, 0.4) is 0 Å². The van der Waals surface area contributed by atoms with Crippen LogP contribution >= 0.6 is 23.4 Å². The number of carbonyl (C=O) groups excluding carboxylic acids is 1. The highest BCUT2D eigenvalue weighted by Gasteiger charge is 2.33. The first-order valence-electron chi connectivity index (χ1n) is 7.37. The van der Waals surface area contributed by atoms with Crippen molar-refractivity contribution in [2.24, 2.45) is 0 Å². The van der Waals surface area contributed by atoms with Gasteiger partial charge in [0.1, 0.15) is 0 Å². The molecule has 7 heteroatoms. The lowest BCUT2D eigenvalue weighted by Gasteiger charge is -2.10. The molecule has 0 saturated carbocycles. The summed E-state index contributed by atoms with van der Waals surface area (Å²) in [5.74, 6) is -0.0924. The summed E-state index contributed by atoms with van der Waals surface area (Å²) in [6.45, 7) is 1.81. The highest BCUT2D eigenvalue weighted by atomic mass is 35.5. The summed E-state index contributed by atoms with van der Waals surface area (Å²) < 4.78 is 38.7. The first kappa shape index (κ1) is 17.9. The van der Waals surface area contributed by atoms with Gasteiger partial charge in [-0.05, 0) is 31.2 Å². The van der Waals surface area contributed by atoms with Gasteiger partial charge in [0.25, 0.3) is 0 Å². The van der Waals surface area contributed by atoms with Crippen molar-refractivity contribution in [1.29, 1.82) is 0 Å². The minimum absolute atomic E-state index is 0.0433. The van der Waals surface area contributed by atoms with Crippen LogP contribution in [-0.2, 0) is 6.18 Å². The molecule has 0 saturated heterocycles. The Labute approximate surface area is 151 Å². The van der Waals surface area contributed by atoms with Crippen LogP contribution in [0.4, 0.5) is 13.2 Å². The number of aryl methyl sites for hydroxylation is 1. The maximum absolute atomic E-state index is 12.9. The molecule has 0 aliphatic heterocycles. The molecule has 0 radical (unpaired) electrons. The average molecular weight is 384 g/mol. The summed E-state index contributed by atoms with van der Waals surface area (Å²) >= 11 is 6.67. The molecule has 0 atom stereocenters. The molecule has 1 aromatic heterocycles. The molecule has 0 unspecified atom stereocenters. The predicted octanol–water partition coefficient (Wildman–Crippen LogP) is 6.12. The van der Waals surface area contributed by atoms with Crippen LogP contribution < -0.4 is 0 Å². The van der Waals surface area contributed by atoms with E-state index in [0.29, 0.717) is 10.5 Å². The molecule has 0 amide bonds. The van der Waals surface area contributed by atoms with E-state index in [9.17, 15) is 18.0 Å². The van der Waals surface area contributed by atoms with Crippen molar-refractivity contribution in [3.8, 4) is 0 Å². The molecule has 3 aromatic rings. The van der Waals surface area contributed by atoms with Crippen molar-refractivity contribution in [2.75, 3.05) is 5.75 Å². The number of H-pyrrole nitrogens is 1. The summed E-state index contributed by atoms with van der Waals surface area (Å²) in [5, 5.41) is 0.466. The molecule has 2 nitrogen and oxygen atoms in total. The highest BCUT2D eigenvalue weighted by molar-refractivity contribution is 8.00. The van der Waals surface area contributed by atoms with E-state index < -0.39 is 11.7 Å². The van der Waals surface area contributed by atoms with Crippen LogP contribution in [0.1, 0.15) is 21.6 Å². The van der Waals surface area contributed by atoms with Crippen molar-refractivity contribution in [3.63, 3.8) is 0 Å². The lowest BCUT2D eigenvalue weighted by Crippen LogP contribution is -2.06. The van der Waals surface area contributed by atoms with Gasteiger partial charge in [-0.1, -0.05) is 29.8 Å². The van der Waals surface area contributed by atoms with Gasteiger partial charge >= 0.3 is 6.18 Å². The van der Waals surface area contributed by atoms with Crippen LogP contribution in [0, 0.1) is 6.92 Å². The number of alkyl halides is 3. The Morgan fingerprint density at radius 2 is 1.92 bits per heavy atom. The van der Waals surface area contributed by atoms with Gasteiger partial charge < -0.3 is 4.98 Å². The number of para-hydroxylation sites is 1. The smallest absolute Gasteiger partial charge is 0.358 e. The molecule has 0 aliphatic carbocycles. The standard InChI is InChI=1S/C18H13ClF3NOS/c1-10-17(12-4-2-3-5-15(12)23-10)16(24)9-25-11-6-7-14(19)13(8-11)18(20,21)22/h2-8,23H,9H2,1H3. The van der Waals surface area contributed by atoms with Crippen molar-refractivity contribution in [2.45, 2.75) is 18.0 Å². The van der Waals surface area contributed by atoms with E-state index in [1.54, 1.807) is 0 Å². The fourth-order valence-electron chi connectivity index (χ4n) is 2.67. The Morgan fingerprint density at radius 3 is 2.64 bits per heavy atom. The number of thioether (sulfide) groups is 1. The van der Waals surface area contributed by atoms with E-state index in [2.05, 4.69) is 4.98 Å². The number of benzene rings is 2. The average Bonchev–Trinajstić information content (AvgIpc) is 2.88. The molecule has 2 aromatic carbocycles. The lowest BCUT2D eigenvalue weighted by atomic mass is 10.1. The Balaban J connectivity index is 1.82. The third-order valence-electron chi connectivity index (χ3n) is 3.79. The second-order valence-electron chi connectivity index (χ2n) is 5.52. The number of nitrogens with one attached hydrogen (secondary N) is 1. The van der Waals surface area contributed by atoms with Crippen molar-refractivity contribution >= 4 is 40.0 Å². The van der Waals surface area contributed by atoms with E-state index in [1.807, 2.05) is 31.2 Å². The van der Waals surface area contributed by atoms with E-state index in [-0.39, 0.29) is 16.6 Å². The summed E-state index contributed by atoms with van der Waals surface area (Å²) in [6, 6.07) is 11.1. The number of halogens is 4. The van der Waals surface area contributed by atoms with Gasteiger partial charge in [0.2, 0.25) is 0 Å². The topological polar surface area (TPSA) is 32.9 Å². The van der Waals surface area contributed by atoms with E-state index >= 15 is 0 Å². The first-order chi connectivity index (χ1) is 11.8. The minimum atomic E-state index is -4.52. The molecule has 0 aliphatic rings. The van der Waals surface area contributed by atoms with Crippen molar-refractivity contribution in [3.05, 3.63) is 64.3 Å². The maximum atomic E-state index is 12.9. The van der Waals surface area contributed by atoms with Gasteiger partial charge in [-0.25, -0.2) is 0 Å². The number of carbonyl (C=O) groups is 1. The monoisotopic (exact) mass is 383 g/mol. The quantitative estimate of drug-likeness (QED) is 0.434. The van der Waals surface area contributed by atoms with Crippen LogP contribution in [0.5, 0.6) is 0 Å². The normalized spacial score (nSPS) is 11.9. The first-order valence-corrected chi connectivity index (χ1v) is 8.74. The number of ketones is 1. The Bertz CT molecular complexity index is 949. The Kier molecular flexibility index (Phi) is 4.84. The van der Waals surface area contributed by atoms with Crippen molar-refractivity contribution in [1.82, 2.24) is 4.98 Å². The number of aromatic nitrogens is 1. The largest absolute Gasteiger partial charge is 0.417 e. The number of aromatic amines is 1. The third kappa shape index (κ3) is 3.70. The Morgan fingerprint density at radius 1 is 1.20 bits per heavy atom. The zero-order chi connectivity index (χ0) is 18.2. The predicted molar refractivity (Wildman–Crippen MR) is 94.5 cm³/mol. The second kappa shape index (κ2) is 6.77. The van der Waals surface area contributed by atoms with Gasteiger partial charge in [-0.3, -0.25) is 4.79 Å². The van der Waals surface area contributed by atoms with Gasteiger partial charge in [0, 0.05) is 27.1 Å². The molecule has 130 valence electrons. The molecule has 0 bridgehead atoms. The summed E-state index contributed by atoms with van der Waals surface area (Å²) in [6.07, 6.45) is -4.52. The third-order valence-corrected chi connectivity index (χ3v) is 5.11. The fourth-order valence-corrected chi connectivity index (χ4v) is 3.70. The highest BCUT2D eigenvalue weighted by Crippen LogP contribution is 2.37. The van der Waals surface area contributed by atoms with Crippen LogP contribution in [0.2, 0.25) is 5.02 Å². The zero-order valence-electron chi connectivity index (χ0n) is 13.1. The number of hydrogen-bond acceptors (Lipinski definition) is 2. The summed E-state index contributed by atoms with van der Waals surface area (Å²) in [4.78, 5) is 16.1. The molecule has 1 heterocycles. The zero-order valence-corrected chi connectivity index (χ0v) is 14.6. The van der Waals surface area contributed by atoms with Crippen molar-refractivity contribution < 1.29 is 18.0 Å². The van der Waals surface area contributed by atoms with Gasteiger partial charge in [-0.2, -0.15) is 13.2 Å². The van der Waals surface area contributed by atoms with E-state index in [4.69, 9.17) is 11.6 Å². The molecule has 1 N–H and O–H groups in total. The van der Waals surface area contributed by atoms with Gasteiger partial charge in [-0.15, -0.1) is 11.8 Å². The molecular weight excluding hydrogens is 371 g/mol. The Hall–Kier alpha value is -1.92.